The number of carbonyl (C=O) groups excluding carboxylic acids is 3. The highest BCUT2D eigenvalue weighted by Crippen LogP contribution is 2.21. The van der Waals surface area contributed by atoms with Crippen molar-refractivity contribution in [3.63, 3.8) is 0 Å². The van der Waals surface area contributed by atoms with Crippen molar-refractivity contribution in [2.45, 2.75) is 53.6 Å². The predicted octanol–water partition coefficient (Wildman–Crippen LogP) is 2.61. The third-order valence-electron chi connectivity index (χ3n) is 4.72. The number of ether oxygens (including phenoxy) is 2. The molecule has 0 radical (unpaired) electrons. The van der Waals surface area contributed by atoms with Crippen LogP contribution in [0.3, 0.4) is 0 Å². The van der Waals surface area contributed by atoms with Crippen molar-refractivity contribution in [2.24, 2.45) is 5.92 Å². The van der Waals surface area contributed by atoms with Gasteiger partial charge < -0.3 is 19.4 Å². The second kappa shape index (κ2) is 8.38. The third kappa shape index (κ3) is 4.26. The minimum Gasteiger partial charge on any atom is -0.461 e. The molecule has 1 N–H and O–H groups in total. The summed E-state index contributed by atoms with van der Waals surface area (Å²) in [6, 6.07) is 0. The fourth-order valence-electron chi connectivity index (χ4n) is 3.38. The van der Waals surface area contributed by atoms with Crippen LogP contribution in [0.15, 0.2) is 0 Å². The lowest BCUT2D eigenvalue weighted by Crippen LogP contribution is -2.44. The van der Waals surface area contributed by atoms with E-state index in [-0.39, 0.29) is 23.8 Å². The number of aromatic nitrogens is 1. The zero-order valence-electron chi connectivity index (χ0n) is 16.2. The van der Waals surface area contributed by atoms with Gasteiger partial charge in [0.25, 0.3) is 5.91 Å². The summed E-state index contributed by atoms with van der Waals surface area (Å²) in [5.41, 5.74) is 1.50. The molecule has 0 aliphatic carbocycles. The Hall–Kier alpha value is -2.31. The fraction of sp³-hybridized carbons (Fsp3) is 0.632. The number of amides is 1. The van der Waals surface area contributed by atoms with Crippen LogP contribution in [0.1, 0.15) is 65.7 Å². The van der Waals surface area contributed by atoms with Crippen LogP contribution in [-0.4, -0.2) is 53.5 Å². The molecule has 1 fully saturated rings. The average molecular weight is 364 g/mol. The van der Waals surface area contributed by atoms with Gasteiger partial charge in [-0.3, -0.25) is 4.79 Å². The number of nitrogens with one attached hydrogen (secondary N) is 1. The van der Waals surface area contributed by atoms with Gasteiger partial charge in [-0.25, -0.2) is 9.59 Å². The summed E-state index contributed by atoms with van der Waals surface area (Å²) in [5.74, 6) is -0.852. The molecule has 0 aromatic carbocycles. The molecule has 1 aromatic rings. The summed E-state index contributed by atoms with van der Waals surface area (Å²) in [6.07, 6.45) is 1.20. The molecule has 1 aliphatic heterocycles. The number of nitrogens with zero attached hydrogens (tertiary/aromatic N) is 1. The maximum absolute atomic E-state index is 12.6. The van der Waals surface area contributed by atoms with E-state index in [0.29, 0.717) is 30.3 Å². The van der Waals surface area contributed by atoms with Crippen LogP contribution in [0.4, 0.5) is 0 Å². The molecule has 2 rings (SSSR count). The number of esters is 2. The highest BCUT2D eigenvalue weighted by Gasteiger charge is 2.30. The van der Waals surface area contributed by atoms with Crippen molar-refractivity contribution < 1.29 is 23.9 Å². The van der Waals surface area contributed by atoms with Crippen molar-refractivity contribution in [3.05, 3.63) is 22.5 Å². The standard InChI is InChI=1S/C19H28N2O5/c1-6-25-19(24)16-12(3)15(13(4)20-16)18(23)26-14(5)17(22)21-9-7-8-11(2)10-21/h11,14,20H,6-10H2,1-5H3/t11-,14-/m0/s1. The maximum atomic E-state index is 12.6. The van der Waals surface area contributed by atoms with Crippen LogP contribution >= 0.6 is 0 Å². The number of H-pyrrole nitrogens is 1. The van der Waals surface area contributed by atoms with Gasteiger partial charge in [0, 0.05) is 18.8 Å². The first-order chi connectivity index (χ1) is 12.3. The minimum absolute atomic E-state index is 0.179. The lowest BCUT2D eigenvalue weighted by atomic mass is 10.00. The number of piperidine rings is 1. The number of carbonyl (C=O) groups is 3. The Balaban J connectivity index is 2.09. The van der Waals surface area contributed by atoms with E-state index in [1.807, 2.05) is 0 Å². The predicted molar refractivity (Wildman–Crippen MR) is 96.1 cm³/mol. The maximum Gasteiger partial charge on any atom is 0.355 e. The Morgan fingerprint density at radius 2 is 1.96 bits per heavy atom. The molecule has 1 amide bonds. The molecule has 1 aliphatic rings. The third-order valence-corrected chi connectivity index (χ3v) is 4.72. The zero-order valence-corrected chi connectivity index (χ0v) is 16.2. The highest BCUT2D eigenvalue weighted by atomic mass is 16.5. The van der Waals surface area contributed by atoms with Gasteiger partial charge in [-0.15, -0.1) is 0 Å². The van der Waals surface area contributed by atoms with Gasteiger partial charge >= 0.3 is 11.9 Å². The molecule has 144 valence electrons. The van der Waals surface area contributed by atoms with Crippen LogP contribution in [0.2, 0.25) is 0 Å². The Bertz CT molecular complexity index is 694. The molecule has 1 saturated heterocycles. The van der Waals surface area contributed by atoms with Crippen LogP contribution in [-0.2, 0) is 14.3 Å². The van der Waals surface area contributed by atoms with Crippen LogP contribution < -0.4 is 0 Å². The van der Waals surface area contributed by atoms with E-state index < -0.39 is 18.0 Å². The molecule has 0 saturated carbocycles. The normalized spacial score (nSPS) is 18.3. The number of likely N-dealkylation sites (tertiary alicyclic amines) is 1. The Labute approximate surface area is 154 Å². The molecular formula is C19H28N2O5. The lowest BCUT2D eigenvalue weighted by Gasteiger charge is -2.32. The summed E-state index contributed by atoms with van der Waals surface area (Å²) in [4.78, 5) is 41.7. The smallest absolute Gasteiger partial charge is 0.355 e. The summed E-state index contributed by atoms with van der Waals surface area (Å²) in [5, 5.41) is 0. The summed E-state index contributed by atoms with van der Waals surface area (Å²) in [6.45, 7) is 10.4. The number of hydrogen-bond acceptors (Lipinski definition) is 5. The van der Waals surface area contributed by atoms with Crippen molar-refractivity contribution >= 4 is 17.8 Å². The molecule has 2 heterocycles. The van der Waals surface area contributed by atoms with Crippen LogP contribution in [0, 0.1) is 19.8 Å². The van der Waals surface area contributed by atoms with Crippen molar-refractivity contribution in [1.29, 1.82) is 0 Å². The fourth-order valence-corrected chi connectivity index (χ4v) is 3.38. The summed E-state index contributed by atoms with van der Waals surface area (Å²) < 4.78 is 10.4. The molecule has 26 heavy (non-hydrogen) atoms. The number of aryl methyl sites for hydroxylation is 1. The summed E-state index contributed by atoms with van der Waals surface area (Å²) >= 11 is 0. The molecule has 0 unspecified atom stereocenters. The first-order valence-electron chi connectivity index (χ1n) is 9.12. The SMILES string of the molecule is CCOC(=O)c1[nH]c(C)c(C(=O)O[C@@H](C)C(=O)N2CCC[C@H](C)C2)c1C. The topological polar surface area (TPSA) is 88.7 Å². The van der Waals surface area contributed by atoms with Gasteiger partial charge in [0.05, 0.1) is 12.2 Å². The molecule has 0 spiro atoms. The minimum atomic E-state index is -0.868. The van der Waals surface area contributed by atoms with E-state index in [2.05, 4.69) is 11.9 Å². The monoisotopic (exact) mass is 364 g/mol. The molecule has 2 atom stereocenters. The van der Waals surface area contributed by atoms with Gasteiger partial charge in [0.2, 0.25) is 0 Å². The summed E-state index contributed by atoms with van der Waals surface area (Å²) in [7, 11) is 0. The van der Waals surface area contributed by atoms with E-state index in [1.165, 1.54) is 0 Å². The number of rotatable bonds is 5. The zero-order chi connectivity index (χ0) is 19.4. The van der Waals surface area contributed by atoms with Crippen LogP contribution in [0.5, 0.6) is 0 Å². The van der Waals surface area contributed by atoms with Crippen molar-refractivity contribution in [3.8, 4) is 0 Å². The first-order valence-corrected chi connectivity index (χ1v) is 9.12. The average Bonchev–Trinajstić information content (AvgIpc) is 2.89. The van der Waals surface area contributed by atoms with E-state index in [1.54, 1.807) is 32.6 Å². The first kappa shape index (κ1) is 20.0. The lowest BCUT2D eigenvalue weighted by molar-refractivity contribution is -0.141. The van der Waals surface area contributed by atoms with Gasteiger partial charge in [0.1, 0.15) is 5.69 Å². The molecule has 0 bridgehead atoms. The van der Waals surface area contributed by atoms with Gasteiger partial charge in [0.15, 0.2) is 6.10 Å². The Kier molecular flexibility index (Phi) is 6.45. The quantitative estimate of drug-likeness (QED) is 0.811. The van der Waals surface area contributed by atoms with E-state index in [0.717, 1.165) is 12.8 Å². The molecule has 7 nitrogen and oxygen atoms in total. The molecule has 1 aromatic heterocycles. The Morgan fingerprint density at radius 3 is 2.58 bits per heavy atom. The van der Waals surface area contributed by atoms with E-state index >= 15 is 0 Å². The Morgan fingerprint density at radius 1 is 1.27 bits per heavy atom. The van der Waals surface area contributed by atoms with Crippen LogP contribution in [0.25, 0.3) is 0 Å². The second-order valence-electron chi connectivity index (χ2n) is 6.92. The van der Waals surface area contributed by atoms with E-state index in [9.17, 15) is 14.4 Å². The molecule has 7 heteroatoms. The van der Waals surface area contributed by atoms with Crippen molar-refractivity contribution in [2.75, 3.05) is 19.7 Å². The number of aromatic amines is 1. The number of hydrogen-bond donors (Lipinski definition) is 1. The van der Waals surface area contributed by atoms with Crippen molar-refractivity contribution in [1.82, 2.24) is 9.88 Å². The second-order valence-corrected chi connectivity index (χ2v) is 6.92. The molecular weight excluding hydrogens is 336 g/mol. The van der Waals surface area contributed by atoms with E-state index in [4.69, 9.17) is 9.47 Å². The van der Waals surface area contributed by atoms with Gasteiger partial charge in [-0.1, -0.05) is 6.92 Å². The highest BCUT2D eigenvalue weighted by molar-refractivity contribution is 5.99. The van der Waals surface area contributed by atoms with Gasteiger partial charge in [-0.05, 0) is 52.0 Å². The largest absolute Gasteiger partial charge is 0.461 e. The van der Waals surface area contributed by atoms with Gasteiger partial charge in [-0.2, -0.15) is 0 Å².